The highest BCUT2D eigenvalue weighted by atomic mass is 15.2. The number of pyridine rings is 1. The fourth-order valence-electron chi connectivity index (χ4n) is 2.27. The van der Waals surface area contributed by atoms with E-state index in [1.807, 2.05) is 29.0 Å². The fraction of sp³-hybridized carbons (Fsp3) is 0.333. The summed E-state index contributed by atoms with van der Waals surface area (Å²) in [6, 6.07) is 6.05. The molecule has 3 aromatic heterocycles. The third kappa shape index (κ3) is 2.44. The Morgan fingerprint density at radius 2 is 2.15 bits per heavy atom. The molecule has 0 bridgehead atoms. The van der Waals surface area contributed by atoms with Crippen LogP contribution in [0.3, 0.4) is 0 Å². The minimum Gasteiger partial charge on any atom is -0.311 e. The maximum atomic E-state index is 4.70. The SMILES string of the molecule is CC(C)CNCc1c(-n2ccnc2)nc2ccccn12. The molecule has 0 saturated carbocycles. The predicted octanol–water partition coefficient (Wildman–Crippen LogP) is 2.27. The highest BCUT2D eigenvalue weighted by molar-refractivity contribution is 5.48. The summed E-state index contributed by atoms with van der Waals surface area (Å²) in [5.41, 5.74) is 2.11. The van der Waals surface area contributed by atoms with E-state index in [1.54, 1.807) is 12.5 Å². The molecule has 20 heavy (non-hydrogen) atoms. The molecule has 3 heterocycles. The topological polar surface area (TPSA) is 47.2 Å². The molecule has 3 aromatic rings. The Morgan fingerprint density at radius 1 is 1.25 bits per heavy atom. The van der Waals surface area contributed by atoms with E-state index in [9.17, 15) is 0 Å². The van der Waals surface area contributed by atoms with Crippen LogP contribution in [0.15, 0.2) is 43.1 Å². The zero-order chi connectivity index (χ0) is 13.9. The highest BCUT2D eigenvalue weighted by Gasteiger charge is 2.12. The number of rotatable bonds is 5. The van der Waals surface area contributed by atoms with Gasteiger partial charge in [-0.25, -0.2) is 9.97 Å². The Balaban J connectivity index is 2.00. The van der Waals surface area contributed by atoms with Gasteiger partial charge in [0.05, 0.1) is 5.69 Å². The molecule has 104 valence electrons. The molecule has 0 radical (unpaired) electrons. The molecule has 0 aliphatic rings. The van der Waals surface area contributed by atoms with Crippen LogP contribution in [0.25, 0.3) is 11.5 Å². The van der Waals surface area contributed by atoms with Gasteiger partial charge in [-0.2, -0.15) is 0 Å². The molecular weight excluding hydrogens is 250 g/mol. The molecule has 0 amide bonds. The summed E-state index contributed by atoms with van der Waals surface area (Å²) in [5, 5.41) is 3.49. The Labute approximate surface area is 118 Å². The lowest BCUT2D eigenvalue weighted by Gasteiger charge is -2.09. The second kappa shape index (κ2) is 5.46. The number of hydrogen-bond acceptors (Lipinski definition) is 3. The van der Waals surface area contributed by atoms with Crippen molar-refractivity contribution < 1.29 is 0 Å². The fourth-order valence-corrected chi connectivity index (χ4v) is 2.27. The molecule has 5 nitrogen and oxygen atoms in total. The first kappa shape index (κ1) is 12.9. The van der Waals surface area contributed by atoms with E-state index in [0.29, 0.717) is 5.92 Å². The smallest absolute Gasteiger partial charge is 0.161 e. The maximum absolute atomic E-state index is 4.70. The lowest BCUT2D eigenvalue weighted by molar-refractivity contribution is 0.546. The van der Waals surface area contributed by atoms with Gasteiger partial charge in [0.1, 0.15) is 12.0 Å². The van der Waals surface area contributed by atoms with Gasteiger partial charge in [-0.05, 0) is 24.6 Å². The van der Waals surface area contributed by atoms with Crippen molar-refractivity contribution in [2.45, 2.75) is 20.4 Å². The van der Waals surface area contributed by atoms with Crippen molar-refractivity contribution in [2.75, 3.05) is 6.54 Å². The lowest BCUT2D eigenvalue weighted by Crippen LogP contribution is -2.20. The minimum absolute atomic E-state index is 0.630. The number of hydrogen-bond donors (Lipinski definition) is 1. The van der Waals surface area contributed by atoms with Crippen LogP contribution in [-0.4, -0.2) is 25.5 Å². The largest absolute Gasteiger partial charge is 0.311 e. The standard InChI is InChI=1S/C15H19N5/c1-12(2)9-17-10-13-15(19-8-6-16-11-19)18-14-5-3-4-7-20(13)14/h3-8,11-12,17H,9-10H2,1-2H3. The predicted molar refractivity (Wildman–Crippen MR) is 78.9 cm³/mol. The minimum atomic E-state index is 0.630. The van der Waals surface area contributed by atoms with Crippen LogP contribution in [-0.2, 0) is 6.54 Å². The number of imidazole rings is 2. The second-order valence-corrected chi connectivity index (χ2v) is 5.31. The summed E-state index contributed by atoms with van der Waals surface area (Å²) in [4.78, 5) is 8.81. The van der Waals surface area contributed by atoms with Gasteiger partial charge >= 0.3 is 0 Å². The molecule has 1 N–H and O–H groups in total. The van der Waals surface area contributed by atoms with E-state index in [1.165, 1.54) is 0 Å². The van der Waals surface area contributed by atoms with E-state index in [2.05, 4.69) is 34.7 Å². The number of aromatic nitrogens is 4. The summed E-state index contributed by atoms with van der Waals surface area (Å²) in [6.07, 6.45) is 7.53. The van der Waals surface area contributed by atoms with Crippen LogP contribution in [0.2, 0.25) is 0 Å². The monoisotopic (exact) mass is 269 g/mol. The molecule has 0 unspecified atom stereocenters. The normalized spacial score (nSPS) is 11.6. The highest BCUT2D eigenvalue weighted by Crippen LogP contribution is 2.16. The summed E-state index contributed by atoms with van der Waals surface area (Å²) in [5.74, 6) is 1.57. The van der Waals surface area contributed by atoms with Crippen LogP contribution in [0.1, 0.15) is 19.5 Å². The first-order valence-corrected chi connectivity index (χ1v) is 6.90. The van der Waals surface area contributed by atoms with Crippen molar-refractivity contribution in [1.29, 1.82) is 0 Å². The van der Waals surface area contributed by atoms with Gasteiger partial charge in [0.2, 0.25) is 0 Å². The molecule has 0 saturated heterocycles. The first-order valence-electron chi connectivity index (χ1n) is 6.90. The zero-order valence-electron chi connectivity index (χ0n) is 11.8. The third-order valence-corrected chi connectivity index (χ3v) is 3.20. The molecule has 0 aliphatic heterocycles. The molecule has 0 atom stereocenters. The van der Waals surface area contributed by atoms with Crippen LogP contribution in [0.5, 0.6) is 0 Å². The van der Waals surface area contributed by atoms with Gasteiger partial charge in [0, 0.05) is 25.1 Å². The molecule has 0 aromatic carbocycles. The first-order chi connectivity index (χ1) is 9.75. The Hall–Kier alpha value is -2.14. The molecule has 5 heteroatoms. The van der Waals surface area contributed by atoms with Gasteiger partial charge < -0.3 is 9.72 Å². The van der Waals surface area contributed by atoms with Crippen LogP contribution >= 0.6 is 0 Å². The van der Waals surface area contributed by atoms with Crippen LogP contribution in [0.4, 0.5) is 0 Å². The molecule has 0 aliphatic carbocycles. The molecular formula is C15H19N5. The van der Waals surface area contributed by atoms with E-state index in [4.69, 9.17) is 4.98 Å². The number of nitrogens with one attached hydrogen (secondary N) is 1. The summed E-state index contributed by atoms with van der Waals surface area (Å²) >= 11 is 0. The Morgan fingerprint density at radius 3 is 2.90 bits per heavy atom. The van der Waals surface area contributed by atoms with Crippen molar-refractivity contribution in [1.82, 2.24) is 24.3 Å². The summed E-state index contributed by atoms with van der Waals surface area (Å²) in [7, 11) is 0. The quantitative estimate of drug-likeness (QED) is 0.773. The van der Waals surface area contributed by atoms with Crippen molar-refractivity contribution in [2.24, 2.45) is 5.92 Å². The van der Waals surface area contributed by atoms with E-state index in [0.717, 1.165) is 30.2 Å². The van der Waals surface area contributed by atoms with Gasteiger partial charge in [-0.15, -0.1) is 0 Å². The average Bonchev–Trinajstić information content (AvgIpc) is 3.05. The van der Waals surface area contributed by atoms with Crippen molar-refractivity contribution >= 4 is 5.65 Å². The lowest BCUT2D eigenvalue weighted by atomic mass is 10.2. The van der Waals surface area contributed by atoms with Crippen molar-refractivity contribution in [3.8, 4) is 5.82 Å². The van der Waals surface area contributed by atoms with E-state index < -0.39 is 0 Å². The number of nitrogens with zero attached hydrogens (tertiary/aromatic N) is 4. The summed E-state index contributed by atoms with van der Waals surface area (Å²) in [6.45, 7) is 6.19. The van der Waals surface area contributed by atoms with E-state index >= 15 is 0 Å². The van der Waals surface area contributed by atoms with Gasteiger partial charge in [-0.3, -0.25) is 4.57 Å². The number of fused-ring (bicyclic) bond motifs is 1. The van der Waals surface area contributed by atoms with Crippen LogP contribution < -0.4 is 5.32 Å². The average molecular weight is 269 g/mol. The van der Waals surface area contributed by atoms with Crippen molar-refractivity contribution in [3.05, 3.63) is 48.8 Å². The Bertz CT molecular complexity index is 681. The zero-order valence-corrected chi connectivity index (χ0v) is 11.8. The third-order valence-electron chi connectivity index (χ3n) is 3.20. The van der Waals surface area contributed by atoms with Gasteiger partial charge in [0.15, 0.2) is 5.82 Å². The molecule has 3 rings (SSSR count). The van der Waals surface area contributed by atoms with Gasteiger partial charge in [0.25, 0.3) is 0 Å². The van der Waals surface area contributed by atoms with Gasteiger partial charge in [-0.1, -0.05) is 19.9 Å². The second-order valence-electron chi connectivity index (χ2n) is 5.31. The van der Waals surface area contributed by atoms with E-state index in [-0.39, 0.29) is 0 Å². The molecule has 0 spiro atoms. The van der Waals surface area contributed by atoms with Crippen molar-refractivity contribution in [3.63, 3.8) is 0 Å². The summed E-state index contributed by atoms with van der Waals surface area (Å²) < 4.78 is 4.09. The van der Waals surface area contributed by atoms with Crippen LogP contribution in [0, 0.1) is 5.92 Å². The molecule has 0 fully saturated rings. The Kier molecular flexibility index (Phi) is 3.52. The maximum Gasteiger partial charge on any atom is 0.161 e.